The van der Waals surface area contributed by atoms with Crippen molar-refractivity contribution in [3.05, 3.63) is 29.2 Å². The van der Waals surface area contributed by atoms with Crippen LogP contribution in [0.15, 0.2) is 12.3 Å². The molecule has 0 radical (unpaired) electrons. The Morgan fingerprint density at radius 1 is 1.48 bits per heavy atom. The third kappa shape index (κ3) is 3.01. The number of nitrogens with zero attached hydrogens (tertiary/aromatic N) is 4. The number of alkyl halides is 3. The third-order valence-corrected chi connectivity index (χ3v) is 3.52. The number of ether oxygens (including phenoxy) is 1. The number of carbonyl (C=O) groups excluding carboxylic acids is 1. The summed E-state index contributed by atoms with van der Waals surface area (Å²) in [7, 11) is 1.39. The molecule has 1 N–H and O–H groups in total. The van der Waals surface area contributed by atoms with Crippen LogP contribution < -0.4 is 10.1 Å². The first-order chi connectivity index (χ1) is 10.9. The van der Waals surface area contributed by atoms with Gasteiger partial charge in [-0.05, 0) is 0 Å². The van der Waals surface area contributed by atoms with Gasteiger partial charge in [-0.25, -0.2) is 4.68 Å². The minimum atomic E-state index is -4.52. The second kappa shape index (κ2) is 5.60. The number of rotatable bonds is 3. The van der Waals surface area contributed by atoms with Gasteiger partial charge in [-0.15, -0.1) is 0 Å². The molecular weight excluding hydrogens is 315 g/mol. The molecule has 0 saturated heterocycles. The summed E-state index contributed by atoms with van der Waals surface area (Å²) in [6.45, 7) is 0.895. The molecule has 124 valence electrons. The van der Waals surface area contributed by atoms with E-state index in [1.807, 2.05) is 0 Å². The van der Waals surface area contributed by atoms with Crippen molar-refractivity contribution in [2.45, 2.75) is 25.7 Å². The molecule has 0 saturated carbocycles. The first-order valence-electron chi connectivity index (χ1n) is 6.93. The Morgan fingerprint density at radius 2 is 2.26 bits per heavy atom. The highest BCUT2D eigenvalue weighted by molar-refractivity contribution is 5.92. The summed E-state index contributed by atoms with van der Waals surface area (Å²) >= 11 is 0. The number of amides is 1. The summed E-state index contributed by atoms with van der Waals surface area (Å²) in [4.78, 5) is 12.1. The molecule has 0 aromatic carbocycles. The van der Waals surface area contributed by atoms with E-state index in [4.69, 9.17) is 4.74 Å². The molecule has 1 amide bonds. The molecule has 23 heavy (non-hydrogen) atoms. The van der Waals surface area contributed by atoms with E-state index in [2.05, 4.69) is 15.5 Å². The van der Waals surface area contributed by atoms with Crippen molar-refractivity contribution in [1.82, 2.24) is 24.9 Å². The number of carbonyl (C=O) groups is 1. The Morgan fingerprint density at radius 3 is 2.96 bits per heavy atom. The fraction of sp³-hybridized carbons (Fsp3) is 0.462. The van der Waals surface area contributed by atoms with E-state index in [0.29, 0.717) is 19.0 Å². The number of hydrogen-bond acceptors (Lipinski definition) is 4. The van der Waals surface area contributed by atoms with Gasteiger partial charge in [-0.3, -0.25) is 9.48 Å². The average molecular weight is 329 g/mol. The molecule has 1 aliphatic rings. The molecule has 0 spiro atoms. The van der Waals surface area contributed by atoms with Crippen LogP contribution in [-0.4, -0.2) is 32.1 Å². The van der Waals surface area contributed by atoms with E-state index in [-0.39, 0.29) is 17.9 Å². The lowest BCUT2D eigenvalue weighted by molar-refractivity contribution is -0.138. The Kier molecular flexibility index (Phi) is 3.74. The summed E-state index contributed by atoms with van der Waals surface area (Å²) in [5.74, 6) is -0.0808. The van der Waals surface area contributed by atoms with Crippen LogP contribution in [0.1, 0.15) is 28.2 Å². The fourth-order valence-electron chi connectivity index (χ4n) is 2.34. The van der Waals surface area contributed by atoms with Crippen LogP contribution in [0.2, 0.25) is 0 Å². The fourth-order valence-corrected chi connectivity index (χ4v) is 2.34. The molecule has 0 fully saturated rings. The number of hydrogen-bond donors (Lipinski definition) is 1. The molecule has 1 aliphatic heterocycles. The molecule has 2 aromatic rings. The Bertz CT molecular complexity index is 711. The first kappa shape index (κ1) is 15.4. The lowest BCUT2D eigenvalue weighted by Gasteiger charge is -2.13. The zero-order valence-electron chi connectivity index (χ0n) is 12.2. The predicted octanol–water partition coefficient (Wildman–Crippen LogP) is 1.35. The van der Waals surface area contributed by atoms with Crippen LogP contribution >= 0.6 is 0 Å². The van der Waals surface area contributed by atoms with Crippen LogP contribution in [-0.2, 0) is 26.3 Å². The maximum absolute atomic E-state index is 12.9. The number of halogens is 3. The van der Waals surface area contributed by atoms with E-state index in [0.717, 1.165) is 17.3 Å². The number of aromatic nitrogens is 4. The van der Waals surface area contributed by atoms with Crippen LogP contribution in [0, 0.1) is 0 Å². The highest BCUT2D eigenvalue weighted by Gasteiger charge is 2.35. The van der Waals surface area contributed by atoms with Gasteiger partial charge in [0.2, 0.25) is 5.88 Å². The lowest BCUT2D eigenvalue weighted by Crippen LogP contribution is -2.26. The Labute approximate surface area is 129 Å². The molecule has 0 atom stereocenters. The standard InChI is InChI=1S/C13H14F3N5O2/c1-20-10(8(6-18-20)13(14,15)16)7-17-12(22)9-5-11-21(19-9)3-2-4-23-11/h5-6H,2-4,7H2,1H3,(H,17,22). The van der Waals surface area contributed by atoms with Crippen molar-refractivity contribution >= 4 is 5.91 Å². The van der Waals surface area contributed by atoms with E-state index < -0.39 is 17.6 Å². The minimum absolute atomic E-state index is 0.109. The van der Waals surface area contributed by atoms with Crippen molar-refractivity contribution in [3.63, 3.8) is 0 Å². The zero-order chi connectivity index (χ0) is 16.6. The van der Waals surface area contributed by atoms with Gasteiger partial charge in [0.05, 0.1) is 30.6 Å². The normalized spacial score (nSPS) is 14.3. The molecule has 10 heteroatoms. The van der Waals surface area contributed by atoms with E-state index in [9.17, 15) is 18.0 Å². The number of aryl methyl sites for hydroxylation is 2. The summed E-state index contributed by atoms with van der Waals surface area (Å²) in [5, 5.41) is 10.1. The second-order valence-electron chi connectivity index (χ2n) is 5.10. The largest absolute Gasteiger partial charge is 0.478 e. The van der Waals surface area contributed by atoms with Gasteiger partial charge < -0.3 is 10.1 Å². The summed E-state index contributed by atoms with van der Waals surface area (Å²) < 4.78 is 46.6. The molecule has 3 heterocycles. The third-order valence-electron chi connectivity index (χ3n) is 3.52. The van der Waals surface area contributed by atoms with Gasteiger partial charge in [0.15, 0.2) is 5.69 Å². The Hall–Kier alpha value is -2.52. The van der Waals surface area contributed by atoms with Crippen LogP contribution in [0.3, 0.4) is 0 Å². The highest BCUT2D eigenvalue weighted by atomic mass is 19.4. The molecule has 3 rings (SSSR count). The SMILES string of the molecule is Cn1ncc(C(F)(F)F)c1CNC(=O)c1cc2n(n1)CCCO2. The predicted molar refractivity (Wildman–Crippen MR) is 71.7 cm³/mol. The lowest BCUT2D eigenvalue weighted by atomic mass is 10.2. The van der Waals surface area contributed by atoms with Crippen LogP contribution in [0.25, 0.3) is 0 Å². The van der Waals surface area contributed by atoms with Crippen molar-refractivity contribution in [3.8, 4) is 5.88 Å². The molecule has 0 aliphatic carbocycles. The van der Waals surface area contributed by atoms with Gasteiger partial charge >= 0.3 is 6.18 Å². The van der Waals surface area contributed by atoms with Gasteiger partial charge in [0.1, 0.15) is 0 Å². The Balaban J connectivity index is 1.72. The van der Waals surface area contributed by atoms with Gasteiger partial charge in [0.25, 0.3) is 5.91 Å². The minimum Gasteiger partial charge on any atom is -0.478 e. The van der Waals surface area contributed by atoms with Crippen molar-refractivity contribution in [2.24, 2.45) is 7.05 Å². The molecule has 2 aromatic heterocycles. The van der Waals surface area contributed by atoms with E-state index in [1.165, 1.54) is 13.1 Å². The molecule has 0 bridgehead atoms. The zero-order valence-corrected chi connectivity index (χ0v) is 12.2. The van der Waals surface area contributed by atoms with Crippen molar-refractivity contribution < 1.29 is 22.7 Å². The maximum Gasteiger partial charge on any atom is 0.419 e. The van der Waals surface area contributed by atoms with Gasteiger partial charge in [-0.1, -0.05) is 0 Å². The molecule has 7 nitrogen and oxygen atoms in total. The quantitative estimate of drug-likeness (QED) is 0.922. The second-order valence-corrected chi connectivity index (χ2v) is 5.10. The summed E-state index contributed by atoms with van der Waals surface area (Å²) in [6, 6.07) is 1.47. The van der Waals surface area contributed by atoms with Gasteiger partial charge in [0, 0.05) is 26.1 Å². The molecule has 0 unspecified atom stereocenters. The van der Waals surface area contributed by atoms with Gasteiger partial charge in [-0.2, -0.15) is 23.4 Å². The van der Waals surface area contributed by atoms with Crippen molar-refractivity contribution in [1.29, 1.82) is 0 Å². The van der Waals surface area contributed by atoms with E-state index >= 15 is 0 Å². The topological polar surface area (TPSA) is 74.0 Å². The average Bonchev–Trinajstić information content (AvgIpc) is 3.07. The smallest absolute Gasteiger partial charge is 0.419 e. The van der Waals surface area contributed by atoms with E-state index in [1.54, 1.807) is 4.68 Å². The number of nitrogens with one attached hydrogen (secondary N) is 1. The summed E-state index contributed by atoms with van der Waals surface area (Å²) in [6.07, 6.45) is -2.99. The van der Waals surface area contributed by atoms with Crippen molar-refractivity contribution in [2.75, 3.05) is 6.61 Å². The monoisotopic (exact) mass is 329 g/mol. The van der Waals surface area contributed by atoms with Crippen LogP contribution in [0.4, 0.5) is 13.2 Å². The number of fused-ring (bicyclic) bond motifs is 1. The highest BCUT2D eigenvalue weighted by Crippen LogP contribution is 2.31. The molecular formula is C13H14F3N5O2. The first-order valence-corrected chi connectivity index (χ1v) is 6.93. The maximum atomic E-state index is 12.9. The summed E-state index contributed by atoms with van der Waals surface area (Å²) in [5.41, 5.74) is -0.878. The van der Waals surface area contributed by atoms with Crippen LogP contribution in [0.5, 0.6) is 5.88 Å².